The normalized spacial score (nSPS) is 23.2. The maximum absolute atomic E-state index is 12.7. The van der Waals surface area contributed by atoms with E-state index in [4.69, 9.17) is 12.2 Å². The summed E-state index contributed by atoms with van der Waals surface area (Å²) in [6.45, 7) is 3.74. The first-order chi connectivity index (χ1) is 15.1. The Kier molecular flexibility index (Phi) is 5.68. The van der Waals surface area contributed by atoms with Crippen molar-refractivity contribution in [2.75, 3.05) is 5.32 Å². The third-order valence-corrected chi connectivity index (χ3v) is 7.78. The highest BCUT2D eigenvalue weighted by molar-refractivity contribution is 8.02. The molecule has 32 heavy (non-hydrogen) atoms. The summed E-state index contributed by atoms with van der Waals surface area (Å²) in [5, 5.41) is 23.6. The lowest BCUT2D eigenvalue weighted by atomic mass is 9.86. The van der Waals surface area contributed by atoms with E-state index in [9.17, 15) is 24.8 Å². The predicted octanol–water partition coefficient (Wildman–Crippen LogP) is 3.81. The first-order valence-corrected chi connectivity index (χ1v) is 11.2. The molecule has 0 unspecified atom stereocenters. The number of fused-ring (bicyclic) bond motifs is 1. The first kappa shape index (κ1) is 22.2. The summed E-state index contributed by atoms with van der Waals surface area (Å²) < 4.78 is -0.563. The molecule has 0 radical (unpaired) electrons. The van der Waals surface area contributed by atoms with Crippen LogP contribution in [0.5, 0.6) is 0 Å². The molecule has 2 aromatic rings. The summed E-state index contributed by atoms with van der Waals surface area (Å²) in [7, 11) is 0. The number of hydrogen-bond acceptors (Lipinski definition) is 6. The molecule has 10 heteroatoms. The van der Waals surface area contributed by atoms with Gasteiger partial charge in [-0.05, 0) is 31.0 Å². The number of benzene rings is 2. The molecule has 4 rings (SSSR count). The largest absolute Gasteiger partial charge is 0.480 e. The van der Waals surface area contributed by atoms with E-state index in [1.807, 2.05) is 44.2 Å². The van der Waals surface area contributed by atoms with E-state index >= 15 is 0 Å². The molecule has 166 valence electrons. The summed E-state index contributed by atoms with van der Waals surface area (Å²) in [5.74, 6) is -1.57. The van der Waals surface area contributed by atoms with Crippen molar-refractivity contribution in [2.24, 2.45) is 0 Å². The van der Waals surface area contributed by atoms with E-state index in [-0.39, 0.29) is 29.3 Å². The molecule has 0 saturated carbocycles. The number of thiocarbonyl (C=S) groups is 1. The molecule has 2 saturated heterocycles. The van der Waals surface area contributed by atoms with Gasteiger partial charge in [-0.3, -0.25) is 14.9 Å². The number of thioether (sulfide) groups is 1. The lowest BCUT2D eigenvalue weighted by Gasteiger charge is -2.47. The number of amides is 1. The van der Waals surface area contributed by atoms with Crippen molar-refractivity contribution in [3.8, 4) is 0 Å². The molecule has 1 amide bonds. The number of nitrogens with zero attached hydrogens (tertiary/aromatic N) is 2. The zero-order chi connectivity index (χ0) is 23.2. The molecular formula is C22H21N3O5S2. The second kappa shape index (κ2) is 8.18. The second-order valence-electron chi connectivity index (χ2n) is 8.32. The summed E-state index contributed by atoms with van der Waals surface area (Å²) in [5.41, 5.74) is 1.65. The number of hydrogen-bond donors (Lipinski definition) is 2. The van der Waals surface area contributed by atoms with Gasteiger partial charge in [0, 0.05) is 16.9 Å². The van der Waals surface area contributed by atoms with Gasteiger partial charge in [-0.25, -0.2) is 4.79 Å². The Balaban J connectivity index is 1.65. The Hall–Kier alpha value is -2.98. The summed E-state index contributed by atoms with van der Waals surface area (Å²) >= 11 is 7.10. The van der Waals surface area contributed by atoms with Crippen LogP contribution in [0, 0.1) is 10.1 Å². The molecule has 0 aromatic heterocycles. The van der Waals surface area contributed by atoms with Gasteiger partial charge in [-0.1, -0.05) is 42.5 Å². The molecule has 2 heterocycles. The average Bonchev–Trinajstić information content (AvgIpc) is 2.97. The minimum atomic E-state index is -0.939. The number of aliphatic carboxylic acids is 1. The highest BCUT2D eigenvalue weighted by atomic mass is 32.2. The lowest BCUT2D eigenvalue weighted by Crippen LogP contribution is -2.60. The van der Waals surface area contributed by atoms with Crippen molar-refractivity contribution in [1.29, 1.82) is 0 Å². The number of non-ortho nitro benzene ring substituents is 1. The fourth-order valence-electron chi connectivity index (χ4n) is 4.31. The van der Waals surface area contributed by atoms with E-state index < -0.39 is 21.7 Å². The summed E-state index contributed by atoms with van der Waals surface area (Å²) in [6.07, 6.45) is 0.122. The highest BCUT2D eigenvalue weighted by Crippen LogP contribution is 2.57. The molecule has 3 atom stereocenters. The van der Waals surface area contributed by atoms with Gasteiger partial charge in [0.15, 0.2) is 0 Å². The number of nitrogens with one attached hydrogen (secondary N) is 1. The molecule has 2 aliphatic rings. The number of rotatable bonds is 6. The monoisotopic (exact) mass is 471 g/mol. The van der Waals surface area contributed by atoms with Crippen LogP contribution in [0.15, 0.2) is 48.5 Å². The Morgan fingerprint density at radius 1 is 1.25 bits per heavy atom. The minimum absolute atomic E-state index is 0.122. The van der Waals surface area contributed by atoms with Gasteiger partial charge in [0.2, 0.25) is 5.91 Å². The van der Waals surface area contributed by atoms with Gasteiger partial charge in [0.05, 0.1) is 33.3 Å². The van der Waals surface area contributed by atoms with E-state index in [2.05, 4.69) is 5.32 Å². The average molecular weight is 472 g/mol. The number of carboxylic acids is 1. The third-order valence-electron chi connectivity index (χ3n) is 5.74. The predicted molar refractivity (Wildman–Crippen MR) is 126 cm³/mol. The zero-order valence-electron chi connectivity index (χ0n) is 17.3. The number of anilines is 1. The van der Waals surface area contributed by atoms with E-state index in [0.717, 1.165) is 5.56 Å². The van der Waals surface area contributed by atoms with Gasteiger partial charge in [0.1, 0.15) is 6.04 Å². The van der Waals surface area contributed by atoms with Crippen molar-refractivity contribution in [1.82, 2.24) is 4.90 Å². The summed E-state index contributed by atoms with van der Waals surface area (Å²) in [6, 6.07) is 12.8. The molecule has 0 bridgehead atoms. The Morgan fingerprint density at radius 3 is 2.56 bits per heavy atom. The van der Waals surface area contributed by atoms with Crippen LogP contribution in [0.4, 0.5) is 11.4 Å². The Morgan fingerprint density at radius 2 is 1.94 bits per heavy atom. The standard InChI is InChI=1S/C22H21N3O5S2/c1-22(2)18(21(27)28)24-19(31)17(20(24)32-22)14-9-8-13(25(29)30)11-15(14)23-16(26)10-12-6-4-3-5-7-12/h3-9,11,17-18,20H,10H2,1-2H3,(H,23,26)(H,27,28)/t17-,18+,20-/m1/s1. The van der Waals surface area contributed by atoms with Crippen LogP contribution in [0.2, 0.25) is 0 Å². The first-order valence-electron chi connectivity index (χ1n) is 9.95. The number of carbonyl (C=O) groups excluding carboxylic acids is 1. The van der Waals surface area contributed by atoms with Crippen LogP contribution in [0.1, 0.15) is 30.9 Å². The van der Waals surface area contributed by atoms with Crippen LogP contribution in [-0.4, -0.2) is 48.0 Å². The van der Waals surface area contributed by atoms with Crippen LogP contribution in [0.3, 0.4) is 0 Å². The van der Waals surface area contributed by atoms with Crippen molar-refractivity contribution in [2.45, 2.75) is 42.3 Å². The minimum Gasteiger partial charge on any atom is -0.480 e. The topological polar surface area (TPSA) is 113 Å². The maximum Gasteiger partial charge on any atom is 0.327 e. The summed E-state index contributed by atoms with van der Waals surface area (Å²) in [4.78, 5) is 37.6. The maximum atomic E-state index is 12.7. The van der Waals surface area contributed by atoms with Crippen molar-refractivity contribution >= 4 is 52.2 Å². The molecular weight excluding hydrogens is 450 g/mol. The molecule has 2 fully saturated rings. The van der Waals surface area contributed by atoms with Crippen molar-refractivity contribution < 1.29 is 19.6 Å². The molecule has 8 nitrogen and oxygen atoms in total. The van der Waals surface area contributed by atoms with Gasteiger partial charge in [0.25, 0.3) is 5.69 Å². The third kappa shape index (κ3) is 3.84. The van der Waals surface area contributed by atoms with Gasteiger partial charge < -0.3 is 15.3 Å². The molecule has 2 N–H and O–H groups in total. The smallest absolute Gasteiger partial charge is 0.327 e. The number of carboxylic acid groups (broad SMARTS) is 1. The van der Waals surface area contributed by atoms with E-state index in [1.54, 1.807) is 11.0 Å². The van der Waals surface area contributed by atoms with Crippen molar-refractivity contribution in [3.63, 3.8) is 0 Å². The lowest BCUT2D eigenvalue weighted by molar-refractivity contribution is -0.384. The molecule has 0 spiro atoms. The Bertz CT molecular complexity index is 1120. The van der Waals surface area contributed by atoms with Crippen LogP contribution >= 0.6 is 24.0 Å². The van der Waals surface area contributed by atoms with Gasteiger partial charge >= 0.3 is 5.97 Å². The molecule has 2 aromatic carbocycles. The van der Waals surface area contributed by atoms with Crippen LogP contribution < -0.4 is 5.32 Å². The highest BCUT2D eigenvalue weighted by Gasteiger charge is 2.62. The SMILES string of the molecule is CC1(C)S[C@@H]2[C@H](c3ccc([N+](=O)[O-])cc3NC(=O)Cc3ccccc3)C(=S)N2[C@H]1C(=O)O. The van der Waals surface area contributed by atoms with Crippen LogP contribution in [0.25, 0.3) is 0 Å². The quantitative estimate of drug-likeness (QED) is 0.372. The second-order valence-corrected chi connectivity index (χ2v) is 10.5. The van der Waals surface area contributed by atoms with E-state index in [0.29, 0.717) is 16.2 Å². The Labute approximate surface area is 194 Å². The number of nitro benzene ring substituents is 1. The van der Waals surface area contributed by atoms with Crippen molar-refractivity contribution in [3.05, 3.63) is 69.8 Å². The van der Waals surface area contributed by atoms with Gasteiger partial charge in [-0.2, -0.15) is 0 Å². The number of carbonyl (C=O) groups is 2. The zero-order valence-corrected chi connectivity index (χ0v) is 19.0. The molecule has 2 aliphatic heterocycles. The fourth-order valence-corrected chi connectivity index (χ4v) is 6.67. The number of nitro groups is 1. The molecule has 0 aliphatic carbocycles. The van der Waals surface area contributed by atoms with E-state index in [1.165, 1.54) is 23.9 Å². The van der Waals surface area contributed by atoms with Gasteiger partial charge in [-0.15, -0.1) is 11.8 Å². The van der Waals surface area contributed by atoms with Crippen LogP contribution in [-0.2, 0) is 16.0 Å². The fraction of sp³-hybridized carbons (Fsp3) is 0.318.